The molecule has 1 unspecified atom stereocenters. The van der Waals surface area contributed by atoms with Gasteiger partial charge < -0.3 is 5.32 Å². The van der Waals surface area contributed by atoms with Crippen LogP contribution in [0, 0.1) is 16.4 Å². The largest absolute Gasteiger partial charge is 0.351 e. The van der Waals surface area contributed by atoms with Crippen LogP contribution in [0.1, 0.15) is 36.2 Å². The summed E-state index contributed by atoms with van der Waals surface area (Å²) in [4.78, 5) is 12.4. The van der Waals surface area contributed by atoms with Crippen molar-refractivity contribution in [2.75, 3.05) is 6.54 Å². The van der Waals surface area contributed by atoms with Gasteiger partial charge in [0.15, 0.2) is 0 Å². The first kappa shape index (κ1) is 16.0. The molecule has 1 aromatic rings. The topological polar surface area (TPSA) is 29.1 Å². The second kappa shape index (κ2) is 7.48. The Morgan fingerprint density at radius 2 is 2.11 bits per heavy atom. The number of rotatable bonds is 5. The molecule has 0 saturated carbocycles. The molecule has 0 radical (unpaired) electrons. The van der Waals surface area contributed by atoms with Crippen molar-refractivity contribution in [3.05, 3.63) is 32.9 Å². The Hall–Kier alpha value is -0.100. The van der Waals surface area contributed by atoms with E-state index in [1.165, 1.54) is 0 Å². The van der Waals surface area contributed by atoms with Gasteiger partial charge in [-0.25, -0.2) is 0 Å². The van der Waals surface area contributed by atoms with Crippen molar-refractivity contribution in [1.29, 1.82) is 0 Å². The highest BCUT2D eigenvalue weighted by Gasteiger charge is 2.13. The molecular weight excluding hydrogens is 405 g/mol. The standard InChI is InChI=1S/C14H19BrINO/c1-9(2)7-11(15)8-17-14(18)12-6-4-5-10(3)13(12)16/h4-6,9,11H,7-8H2,1-3H3,(H,17,18). The molecule has 0 aliphatic heterocycles. The number of hydrogen-bond donors (Lipinski definition) is 1. The van der Waals surface area contributed by atoms with Crippen LogP contribution in [0.4, 0.5) is 0 Å². The molecule has 0 aliphatic carbocycles. The molecule has 1 N–H and O–H groups in total. The Bertz CT molecular complexity index is 420. The Labute approximate surface area is 131 Å². The third-order valence-electron chi connectivity index (χ3n) is 2.65. The van der Waals surface area contributed by atoms with Crippen LogP contribution in [-0.4, -0.2) is 17.3 Å². The lowest BCUT2D eigenvalue weighted by Crippen LogP contribution is -2.30. The fourth-order valence-corrected chi connectivity index (χ4v) is 3.23. The highest BCUT2D eigenvalue weighted by Crippen LogP contribution is 2.17. The third kappa shape index (κ3) is 4.88. The summed E-state index contributed by atoms with van der Waals surface area (Å²) < 4.78 is 1.03. The molecule has 0 aliphatic rings. The van der Waals surface area contributed by atoms with Gasteiger partial charge in [0.1, 0.15) is 0 Å². The summed E-state index contributed by atoms with van der Waals surface area (Å²) in [6.07, 6.45) is 1.06. The van der Waals surface area contributed by atoms with Crippen molar-refractivity contribution in [2.45, 2.75) is 32.0 Å². The van der Waals surface area contributed by atoms with Gasteiger partial charge in [-0.05, 0) is 53.5 Å². The Balaban J connectivity index is 2.58. The Morgan fingerprint density at radius 3 is 2.72 bits per heavy atom. The zero-order valence-corrected chi connectivity index (χ0v) is 14.7. The van der Waals surface area contributed by atoms with E-state index in [2.05, 4.69) is 57.7 Å². The van der Waals surface area contributed by atoms with E-state index in [1.54, 1.807) is 0 Å². The second-order valence-corrected chi connectivity index (χ2v) is 7.25. The monoisotopic (exact) mass is 423 g/mol. The molecular formula is C14H19BrINO. The molecule has 4 heteroatoms. The number of benzene rings is 1. The van der Waals surface area contributed by atoms with Gasteiger partial charge in [-0.2, -0.15) is 0 Å². The lowest BCUT2D eigenvalue weighted by atomic mass is 10.1. The maximum absolute atomic E-state index is 12.1. The van der Waals surface area contributed by atoms with Crippen LogP contribution >= 0.6 is 38.5 Å². The number of halogens is 2. The van der Waals surface area contributed by atoms with E-state index in [4.69, 9.17) is 0 Å². The average Bonchev–Trinajstić information content (AvgIpc) is 2.29. The van der Waals surface area contributed by atoms with E-state index in [1.807, 2.05) is 25.1 Å². The number of carbonyl (C=O) groups is 1. The van der Waals surface area contributed by atoms with E-state index in [9.17, 15) is 4.79 Å². The number of carbonyl (C=O) groups excluding carboxylic acids is 1. The number of nitrogens with one attached hydrogen (secondary N) is 1. The zero-order chi connectivity index (χ0) is 13.7. The van der Waals surface area contributed by atoms with Gasteiger partial charge in [0.25, 0.3) is 5.91 Å². The first-order valence-electron chi connectivity index (χ1n) is 6.09. The van der Waals surface area contributed by atoms with Crippen molar-refractivity contribution in [3.8, 4) is 0 Å². The van der Waals surface area contributed by atoms with Crippen molar-refractivity contribution < 1.29 is 4.79 Å². The summed E-state index contributed by atoms with van der Waals surface area (Å²) >= 11 is 5.82. The van der Waals surface area contributed by atoms with Crippen LogP contribution in [0.5, 0.6) is 0 Å². The lowest BCUT2D eigenvalue weighted by molar-refractivity contribution is 0.0952. The van der Waals surface area contributed by atoms with E-state index in [0.29, 0.717) is 17.3 Å². The Kier molecular flexibility index (Phi) is 6.63. The minimum absolute atomic E-state index is 0.0105. The first-order valence-corrected chi connectivity index (χ1v) is 8.08. The number of alkyl halides is 1. The molecule has 100 valence electrons. The fraction of sp³-hybridized carbons (Fsp3) is 0.500. The molecule has 0 spiro atoms. The molecule has 0 fully saturated rings. The minimum atomic E-state index is 0.0105. The molecule has 18 heavy (non-hydrogen) atoms. The molecule has 1 rings (SSSR count). The number of hydrogen-bond acceptors (Lipinski definition) is 1. The summed E-state index contributed by atoms with van der Waals surface area (Å²) in [6.45, 7) is 7.05. The summed E-state index contributed by atoms with van der Waals surface area (Å²) in [6, 6.07) is 5.81. The molecule has 0 heterocycles. The van der Waals surface area contributed by atoms with Crippen LogP contribution in [0.15, 0.2) is 18.2 Å². The predicted octanol–water partition coefficient (Wildman–Crippen LogP) is 4.14. The van der Waals surface area contributed by atoms with Crippen molar-refractivity contribution in [1.82, 2.24) is 5.32 Å². The predicted molar refractivity (Wildman–Crippen MR) is 88.4 cm³/mol. The van der Waals surface area contributed by atoms with Crippen LogP contribution in [0.2, 0.25) is 0 Å². The maximum atomic E-state index is 12.1. The molecule has 0 saturated heterocycles. The van der Waals surface area contributed by atoms with Gasteiger partial charge in [0.05, 0.1) is 5.56 Å². The molecule has 0 aromatic heterocycles. The first-order chi connectivity index (χ1) is 8.41. The fourth-order valence-electron chi connectivity index (χ4n) is 1.72. The van der Waals surface area contributed by atoms with Crippen molar-refractivity contribution in [2.24, 2.45) is 5.92 Å². The van der Waals surface area contributed by atoms with Gasteiger partial charge in [0, 0.05) is 14.9 Å². The Morgan fingerprint density at radius 1 is 1.44 bits per heavy atom. The van der Waals surface area contributed by atoms with Gasteiger partial charge in [-0.1, -0.05) is 41.9 Å². The van der Waals surface area contributed by atoms with Crippen LogP contribution in [0.3, 0.4) is 0 Å². The average molecular weight is 424 g/mol. The SMILES string of the molecule is Cc1cccc(C(=O)NCC(Br)CC(C)C)c1I. The van der Waals surface area contributed by atoms with E-state index >= 15 is 0 Å². The van der Waals surface area contributed by atoms with E-state index in [-0.39, 0.29) is 5.91 Å². The molecule has 1 atom stereocenters. The van der Waals surface area contributed by atoms with E-state index in [0.717, 1.165) is 21.1 Å². The summed E-state index contributed by atoms with van der Waals surface area (Å²) in [5.41, 5.74) is 1.90. The molecule has 1 amide bonds. The number of aryl methyl sites for hydroxylation is 1. The van der Waals surface area contributed by atoms with Crippen molar-refractivity contribution >= 4 is 44.4 Å². The summed E-state index contributed by atoms with van der Waals surface area (Å²) in [5.74, 6) is 0.640. The number of amides is 1. The van der Waals surface area contributed by atoms with E-state index < -0.39 is 0 Å². The van der Waals surface area contributed by atoms with Crippen molar-refractivity contribution in [3.63, 3.8) is 0 Å². The van der Waals surface area contributed by atoms with Gasteiger partial charge in [0.2, 0.25) is 0 Å². The molecule has 1 aromatic carbocycles. The highest BCUT2D eigenvalue weighted by atomic mass is 127. The highest BCUT2D eigenvalue weighted by molar-refractivity contribution is 14.1. The van der Waals surface area contributed by atoms with Gasteiger partial charge >= 0.3 is 0 Å². The van der Waals surface area contributed by atoms with Crippen LogP contribution in [0.25, 0.3) is 0 Å². The zero-order valence-electron chi connectivity index (χ0n) is 11.0. The quantitative estimate of drug-likeness (QED) is 0.559. The van der Waals surface area contributed by atoms with Gasteiger partial charge in [-0.15, -0.1) is 0 Å². The minimum Gasteiger partial charge on any atom is -0.351 e. The summed E-state index contributed by atoms with van der Waals surface area (Å²) in [5, 5.41) is 2.98. The second-order valence-electron chi connectivity index (χ2n) is 4.87. The smallest absolute Gasteiger partial charge is 0.252 e. The van der Waals surface area contributed by atoms with Crippen LogP contribution in [-0.2, 0) is 0 Å². The maximum Gasteiger partial charge on any atom is 0.252 e. The third-order valence-corrected chi connectivity index (χ3v) is 4.78. The lowest BCUT2D eigenvalue weighted by Gasteiger charge is -2.14. The molecule has 0 bridgehead atoms. The van der Waals surface area contributed by atoms with Gasteiger partial charge in [-0.3, -0.25) is 4.79 Å². The summed E-state index contributed by atoms with van der Waals surface area (Å²) in [7, 11) is 0. The van der Waals surface area contributed by atoms with Crippen LogP contribution < -0.4 is 5.32 Å². The normalized spacial score (nSPS) is 12.6. The molecule has 2 nitrogen and oxygen atoms in total.